The number of hydrogen-bond acceptors (Lipinski definition) is 8. The molecule has 12 nitrogen and oxygen atoms in total. The second-order valence-electron chi connectivity index (χ2n) is 8.24. The number of imidazole rings is 2. The SMILES string of the molecule is CC(=O)Nc1nc(S(=O)(=O)NCCn2c(Cc3nc4ccc(C(=N)N)cc4[nH]3)nc3ccccc32)cs1. The third-order valence-electron chi connectivity index (χ3n) is 5.57. The summed E-state index contributed by atoms with van der Waals surface area (Å²) in [5.74, 6) is 1.05. The van der Waals surface area contributed by atoms with E-state index in [0.717, 1.165) is 33.4 Å². The van der Waals surface area contributed by atoms with E-state index < -0.39 is 10.0 Å². The fraction of sp³-hybridized carbons (Fsp3) is 0.174. The van der Waals surface area contributed by atoms with E-state index in [-0.39, 0.29) is 28.4 Å². The molecule has 3 heterocycles. The number of anilines is 1. The van der Waals surface area contributed by atoms with Crippen molar-refractivity contribution in [1.29, 1.82) is 5.41 Å². The molecule has 0 atom stereocenters. The Bertz CT molecular complexity index is 1750. The fourth-order valence-corrected chi connectivity index (χ4v) is 5.98. The van der Waals surface area contributed by atoms with Crippen LogP contribution in [0.1, 0.15) is 24.1 Å². The molecule has 0 aliphatic carbocycles. The molecule has 37 heavy (non-hydrogen) atoms. The molecule has 5 rings (SSSR count). The fourth-order valence-electron chi connectivity index (χ4n) is 3.93. The van der Waals surface area contributed by atoms with Gasteiger partial charge in [0.15, 0.2) is 10.2 Å². The number of nitrogens with one attached hydrogen (secondary N) is 4. The van der Waals surface area contributed by atoms with Crippen LogP contribution >= 0.6 is 11.3 Å². The van der Waals surface area contributed by atoms with Crippen LogP contribution < -0.4 is 15.8 Å². The van der Waals surface area contributed by atoms with Crippen molar-refractivity contribution in [2.45, 2.75) is 24.9 Å². The molecule has 0 spiro atoms. The largest absolute Gasteiger partial charge is 0.384 e. The highest BCUT2D eigenvalue weighted by Gasteiger charge is 2.19. The van der Waals surface area contributed by atoms with Crippen LogP contribution in [0.15, 0.2) is 52.9 Å². The summed E-state index contributed by atoms with van der Waals surface area (Å²) in [7, 11) is -3.86. The lowest BCUT2D eigenvalue weighted by molar-refractivity contribution is -0.114. The number of fused-ring (bicyclic) bond motifs is 2. The molecule has 6 N–H and O–H groups in total. The lowest BCUT2D eigenvalue weighted by atomic mass is 10.2. The Balaban J connectivity index is 1.36. The van der Waals surface area contributed by atoms with Crippen molar-refractivity contribution < 1.29 is 13.2 Å². The first-order valence-electron chi connectivity index (χ1n) is 11.2. The molecule has 14 heteroatoms. The van der Waals surface area contributed by atoms with E-state index in [1.54, 1.807) is 18.2 Å². The van der Waals surface area contributed by atoms with Gasteiger partial charge < -0.3 is 20.6 Å². The molecule has 1 amide bonds. The first-order chi connectivity index (χ1) is 17.7. The average Bonchev–Trinajstić information content (AvgIpc) is 3.55. The van der Waals surface area contributed by atoms with E-state index in [9.17, 15) is 13.2 Å². The minimum Gasteiger partial charge on any atom is -0.384 e. The monoisotopic (exact) mass is 537 g/mol. The predicted octanol–water partition coefficient (Wildman–Crippen LogP) is 2.18. The molecule has 190 valence electrons. The maximum Gasteiger partial charge on any atom is 0.259 e. The minimum absolute atomic E-state index is 0.0220. The van der Waals surface area contributed by atoms with Gasteiger partial charge in [-0.3, -0.25) is 10.2 Å². The van der Waals surface area contributed by atoms with Crippen molar-refractivity contribution in [2.75, 3.05) is 11.9 Å². The zero-order valence-corrected chi connectivity index (χ0v) is 21.3. The number of sulfonamides is 1. The van der Waals surface area contributed by atoms with Crippen molar-refractivity contribution in [2.24, 2.45) is 5.73 Å². The van der Waals surface area contributed by atoms with Crippen molar-refractivity contribution in [3.63, 3.8) is 0 Å². The van der Waals surface area contributed by atoms with Crippen LogP contribution in [0.5, 0.6) is 0 Å². The number of aromatic nitrogens is 5. The number of amidine groups is 1. The third-order valence-corrected chi connectivity index (χ3v) is 7.82. The molecule has 0 saturated carbocycles. The number of para-hydroxylation sites is 2. The van der Waals surface area contributed by atoms with E-state index in [4.69, 9.17) is 16.1 Å². The van der Waals surface area contributed by atoms with Gasteiger partial charge in [0.25, 0.3) is 10.0 Å². The van der Waals surface area contributed by atoms with Crippen LogP contribution in [0.25, 0.3) is 22.1 Å². The van der Waals surface area contributed by atoms with Gasteiger partial charge in [-0.25, -0.2) is 28.1 Å². The molecule has 3 aromatic heterocycles. The van der Waals surface area contributed by atoms with E-state index in [2.05, 4.69) is 25.0 Å². The topological polar surface area (TPSA) is 185 Å². The van der Waals surface area contributed by atoms with Gasteiger partial charge in [-0.1, -0.05) is 12.1 Å². The number of nitrogens with two attached hydrogens (primary N) is 1. The van der Waals surface area contributed by atoms with Gasteiger partial charge in [0.2, 0.25) is 5.91 Å². The van der Waals surface area contributed by atoms with E-state index in [1.807, 2.05) is 28.8 Å². The Morgan fingerprint density at radius 2 is 1.97 bits per heavy atom. The highest BCUT2D eigenvalue weighted by atomic mass is 32.2. The normalized spacial score (nSPS) is 11.8. The van der Waals surface area contributed by atoms with Gasteiger partial charge in [-0.2, -0.15) is 0 Å². The van der Waals surface area contributed by atoms with Crippen LogP contribution in [0.3, 0.4) is 0 Å². The number of carbonyl (C=O) groups excluding carboxylic acids is 1. The lowest BCUT2D eigenvalue weighted by Crippen LogP contribution is -2.28. The second-order valence-corrected chi connectivity index (χ2v) is 10.8. The minimum atomic E-state index is -3.86. The summed E-state index contributed by atoms with van der Waals surface area (Å²) in [5, 5.41) is 11.6. The number of aromatic amines is 1. The number of nitrogen functional groups attached to an aromatic ring is 1. The van der Waals surface area contributed by atoms with Crippen molar-refractivity contribution in [3.8, 4) is 0 Å². The number of benzene rings is 2. The first-order valence-corrected chi connectivity index (χ1v) is 13.6. The summed E-state index contributed by atoms with van der Waals surface area (Å²) >= 11 is 1.04. The molecule has 0 saturated heterocycles. The number of hydrogen-bond donors (Lipinski definition) is 5. The Labute approximate surface area is 215 Å². The van der Waals surface area contributed by atoms with Gasteiger partial charge >= 0.3 is 0 Å². The molecular weight excluding hydrogens is 514 g/mol. The summed E-state index contributed by atoms with van der Waals surface area (Å²) in [4.78, 5) is 27.8. The number of nitrogens with zero attached hydrogens (tertiary/aromatic N) is 4. The number of amides is 1. The first kappa shape index (κ1) is 24.5. The molecule has 0 bridgehead atoms. The molecular formula is C23H23N9O3S2. The average molecular weight is 538 g/mol. The highest BCUT2D eigenvalue weighted by molar-refractivity contribution is 7.89. The van der Waals surface area contributed by atoms with Gasteiger partial charge in [0, 0.05) is 31.0 Å². The third kappa shape index (κ3) is 5.21. The van der Waals surface area contributed by atoms with Crippen LogP contribution in [0, 0.1) is 5.41 Å². The highest BCUT2D eigenvalue weighted by Crippen LogP contribution is 2.21. The summed E-state index contributed by atoms with van der Waals surface area (Å²) in [5.41, 5.74) is 9.37. The van der Waals surface area contributed by atoms with Crippen molar-refractivity contribution in [3.05, 3.63) is 65.1 Å². The van der Waals surface area contributed by atoms with Gasteiger partial charge in [-0.15, -0.1) is 11.3 Å². The molecule has 0 aliphatic rings. The smallest absolute Gasteiger partial charge is 0.259 e. The second kappa shape index (κ2) is 9.72. The number of carbonyl (C=O) groups is 1. The van der Waals surface area contributed by atoms with Gasteiger partial charge in [0.1, 0.15) is 17.5 Å². The number of rotatable bonds is 9. The zero-order chi connectivity index (χ0) is 26.2. The standard InChI is InChI=1S/C23H23N9O3S2/c1-13(33)27-23-31-21(12-36-23)37(34,35)26-8-9-32-18-5-3-2-4-16(18)30-20(32)11-19-28-15-7-6-14(22(24)25)10-17(15)29-19/h2-7,10,12,26H,8-9,11H2,1H3,(H3,24,25)(H,28,29)(H,27,31,33). The molecule has 2 aromatic carbocycles. The Kier molecular flexibility index (Phi) is 6.45. The predicted molar refractivity (Wildman–Crippen MR) is 141 cm³/mol. The van der Waals surface area contributed by atoms with E-state index >= 15 is 0 Å². The molecule has 5 aromatic rings. The Hall–Kier alpha value is -4.14. The number of thiazole rings is 1. The summed E-state index contributed by atoms with van der Waals surface area (Å²) in [6.45, 7) is 1.76. The molecule has 0 radical (unpaired) electrons. The van der Waals surface area contributed by atoms with E-state index in [1.165, 1.54) is 12.3 Å². The Morgan fingerprint density at radius 1 is 1.16 bits per heavy atom. The Morgan fingerprint density at radius 3 is 2.76 bits per heavy atom. The maximum absolute atomic E-state index is 12.7. The number of H-pyrrole nitrogens is 1. The summed E-state index contributed by atoms with van der Waals surface area (Å²) in [6, 6.07) is 13.0. The lowest BCUT2D eigenvalue weighted by Gasteiger charge is -2.10. The van der Waals surface area contributed by atoms with Crippen LogP contribution in [0.2, 0.25) is 0 Å². The van der Waals surface area contributed by atoms with E-state index in [0.29, 0.717) is 30.2 Å². The zero-order valence-electron chi connectivity index (χ0n) is 19.6. The molecule has 0 fully saturated rings. The maximum atomic E-state index is 12.7. The molecule has 0 unspecified atom stereocenters. The summed E-state index contributed by atoms with van der Waals surface area (Å²) < 4.78 is 30.0. The van der Waals surface area contributed by atoms with Gasteiger partial charge in [0.05, 0.1) is 28.5 Å². The summed E-state index contributed by atoms with van der Waals surface area (Å²) in [6.07, 6.45) is 0.387. The molecule has 0 aliphatic heterocycles. The van der Waals surface area contributed by atoms with Crippen LogP contribution in [-0.4, -0.2) is 51.2 Å². The quantitative estimate of drug-likeness (QED) is 0.141. The van der Waals surface area contributed by atoms with Crippen LogP contribution in [-0.2, 0) is 27.8 Å². The van der Waals surface area contributed by atoms with Gasteiger partial charge in [-0.05, 0) is 30.3 Å². The van der Waals surface area contributed by atoms with Crippen LogP contribution in [0.4, 0.5) is 5.13 Å². The van der Waals surface area contributed by atoms with Crippen molar-refractivity contribution >= 4 is 60.3 Å². The van der Waals surface area contributed by atoms with Crippen molar-refractivity contribution in [1.82, 2.24) is 29.2 Å².